The molecule has 2 rings (SSSR count). The van der Waals surface area contributed by atoms with Gasteiger partial charge in [0.2, 0.25) is 15.9 Å². The molecule has 1 aliphatic rings. The fourth-order valence-electron chi connectivity index (χ4n) is 3.81. The lowest BCUT2D eigenvalue weighted by Gasteiger charge is -2.33. The van der Waals surface area contributed by atoms with Crippen molar-refractivity contribution in [2.45, 2.75) is 37.8 Å². The molecular weight excluding hydrogens is 419 g/mol. The number of carbonyl (C=O) groups excluding carboxylic acids is 1. The van der Waals surface area contributed by atoms with Crippen molar-refractivity contribution in [2.24, 2.45) is 11.3 Å². The van der Waals surface area contributed by atoms with Crippen LogP contribution in [0.5, 0.6) is 0 Å². The van der Waals surface area contributed by atoms with E-state index < -0.39 is 26.7 Å². The number of piperidine rings is 1. The van der Waals surface area contributed by atoms with Crippen molar-refractivity contribution in [3.05, 3.63) is 29.8 Å². The van der Waals surface area contributed by atoms with Crippen molar-refractivity contribution in [2.75, 3.05) is 40.3 Å². The summed E-state index contributed by atoms with van der Waals surface area (Å²) in [4.78, 5) is 13.8. The number of amides is 1. The Labute approximate surface area is 176 Å². The summed E-state index contributed by atoms with van der Waals surface area (Å²) in [6, 6.07) is 4.18. The first-order valence-corrected chi connectivity index (χ1v) is 11.3. The summed E-state index contributed by atoms with van der Waals surface area (Å²) in [5, 5.41) is 2.93. The fourth-order valence-corrected chi connectivity index (χ4v) is 5.49. The molecule has 1 amide bonds. The van der Waals surface area contributed by atoms with Gasteiger partial charge in [0.15, 0.2) is 0 Å². The van der Waals surface area contributed by atoms with Gasteiger partial charge in [-0.2, -0.15) is 17.5 Å². The predicted octanol–water partition coefficient (Wildman–Crippen LogP) is 2.81. The van der Waals surface area contributed by atoms with Crippen LogP contribution < -0.4 is 5.32 Å². The molecule has 0 aliphatic carbocycles. The average Bonchev–Trinajstić information content (AvgIpc) is 2.64. The number of benzene rings is 1. The van der Waals surface area contributed by atoms with Gasteiger partial charge >= 0.3 is 6.18 Å². The number of nitrogens with zero attached hydrogens (tertiary/aromatic N) is 2. The summed E-state index contributed by atoms with van der Waals surface area (Å²) in [5.41, 5.74) is -1.29. The summed E-state index contributed by atoms with van der Waals surface area (Å²) >= 11 is 0. The van der Waals surface area contributed by atoms with Crippen molar-refractivity contribution < 1.29 is 26.4 Å². The first-order valence-electron chi connectivity index (χ1n) is 9.83. The molecule has 170 valence electrons. The minimum Gasteiger partial charge on any atom is -0.355 e. The zero-order valence-electron chi connectivity index (χ0n) is 17.8. The third-order valence-electron chi connectivity index (χ3n) is 5.12. The summed E-state index contributed by atoms with van der Waals surface area (Å²) in [6.45, 7) is 5.38. The molecule has 6 nitrogen and oxygen atoms in total. The van der Waals surface area contributed by atoms with Gasteiger partial charge in [-0.3, -0.25) is 4.79 Å². The largest absolute Gasteiger partial charge is 0.417 e. The van der Waals surface area contributed by atoms with Gasteiger partial charge in [0.25, 0.3) is 0 Å². The van der Waals surface area contributed by atoms with E-state index in [1.165, 1.54) is 6.07 Å². The SMILES string of the molecule is CN(C)CC(C)(C)CNC(=O)C1CCN(S(=O)(=O)c2ccccc2C(F)(F)F)CC1. The monoisotopic (exact) mass is 449 g/mol. The van der Waals surface area contributed by atoms with Crippen LogP contribution in [0.3, 0.4) is 0 Å². The van der Waals surface area contributed by atoms with Gasteiger partial charge in [-0.05, 0) is 44.5 Å². The molecule has 1 heterocycles. The molecule has 0 aromatic heterocycles. The maximum absolute atomic E-state index is 13.2. The number of nitrogens with one attached hydrogen (secondary N) is 1. The second-order valence-electron chi connectivity index (χ2n) is 8.79. The van der Waals surface area contributed by atoms with Gasteiger partial charge < -0.3 is 10.2 Å². The molecule has 1 aromatic rings. The second-order valence-corrected chi connectivity index (χ2v) is 10.7. The average molecular weight is 450 g/mol. The van der Waals surface area contributed by atoms with Crippen LogP contribution in [0.1, 0.15) is 32.3 Å². The molecule has 1 saturated heterocycles. The van der Waals surface area contributed by atoms with E-state index in [1.807, 2.05) is 32.8 Å². The van der Waals surface area contributed by atoms with E-state index in [-0.39, 0.29) is 43.2 Å². The van der Waals surface area contributed by atoms with Crippen LogP contribution >= 0.6 is 0 Å². The fraction of sp³-hybridized carbons (Fsp3) is 0.650. The van der Waals surface area contributed by atoms with Crippen molar-refractivity contribution in [1.29, 1.82) is 0 Å². The Bertz CT molecular complexity index is 846. The molecule has 0 atom stereocenters. The second kappa shape index (κ2) is 9.23. The van der Waals surface area contributed by atoms with E-state index >= 15 is 0 Å². The molecule has 0 unspecified atom stereocenters. The predicted molar refractivity (Wildman–Crippen MR) is 108 cm³/mol. The van der Waals surface area contributed by atoms with Crippen molar-refractivity contribution in [3.8, 4) is 0 Å². The minimum absolute atomic E-state index is 0.00764. The number of halogens is 3. The van der Waals surface area contributed by atoms with E-state index in [1.54, 1.807) is 0 Å². The van der Waals surface area contributed by atoms with Gasteiger partial charge in [-0.25, -0.2) is 8.42 Å². The van der Waals surface area contributed by atoms with Crippen molar-refractivity contribution in [3.63, 3.8) is 0 Å². The van der Waals surface area contributed by atoms with Crippen molar-refractivity contribution in [1.82, 2.24) is 14.5 Å². The van der Waals surface area contributed by atoms with Gasteiger partial charge in [-0.1, -0.05) is 26.0 Å². The minimum atomic E-state index is -4.76. The highest BCUT2D eigenvalue weighted by Crippen LogP contribution is 2.36. The molecular formula is C20H30F3N3O3S. The van der Waals surface area contributed by atoms with E-state index in [0.717, 1.165) is 29.0 Å². The summed E-state index contributed by atoms with van der Waals surface area (Å²) in [5.74, 6) is -0.501. The van der Waals surface area contributed by atoms with Crippen LogP contribution in [-0.2, 0) is 21.0 Å². The van der Waals surface area contributed by atoms with Crippen LogP contribution in [0, 0.1) is 11.3 Å². The highest BCUT2D eigenvalue weighted by Gasteiger charge is 2.40. The van der Waals surface area contributed by atoms with Crippen LogP contribution in [0.25, 0.3) is 0 Å². The maximum Gasteiger partial charge on any atom is 0.417 e. The number of hydrogen-bond donors (Lipinski definition) is 1. The number of hydrogen-bond acceptors (Lipinski definition) is 4. The molecule has 1 aromatic carbocycles. The zero-order chi connectivity index (χ0) is 22.7. The Morgan fingerprint density at radius 1 is 1.17 bits per heavy atom. The molecule has 1 N–H and O–H groups in total. The van der Waals surface area contributed by atoms with Crippen LogP contribution in [0.4, 0.5) is 13.2 Å². The lowest BCUT2D eigenvalue weighted by atomic mass is 9.91. The van der Waals surface area contributed by atoms with Crippen LogP contribution in [0.2, 0.25) is 0 Å². The summed E-state index contributed by atoms with van der Waals surface area (Å²) in [6.07, 6.45) is -4.22. The van der Waals surface area contributed by atoms with Gasteiger partial charge in [-0.15, -0.1) is 0 Å². The van der Waals surface area contributed by atoms with Crippen molar-refractivity contribution >= 4 is 15.9 Å². The molecule has 0 radical (unpaired) electrons. The lowest BCUT2D eigenvalue weighted by molar-refractivity contribution is -0.139. The highest BCUT2D eigenvalue weighted by atomic mass is 32.2. The maximum atomic E-state index is 13.2. The van der Waals surface area contributed by atoms with E-state index in [0.29, 0.717) is 6.54 Å². The topological polar surface area (TPSA) is 69.7 Å². The number of carbonyl (C=O) groups is 1. The van der Waals surface area contributed by atoms with Gasteiger partial charge in [0, 0.05) is 32.1 Å². The molecule has 1 aliphatic heterocycles. The third-order valence-corrected chi connectivity index (χ3v) is 7.08. The Hall–Kier alpha value is -1.65. The standard InChI is InChI=1S/C20H30F3N3O3S/c1-19(2,14-25(3)4)13-24-18(27)15-9-11-26(12-10-15)30(28,29)17-8-6-5-7-16(17)20(21,22)23/h5-8,15H,9-14H2,1-4H3,(H,24,27). The highest BCUT2D eigenvalue weighted by molar-refractivity contribution is 7.89. The third kappa shape index (κ3) is 6.18. The number of rotatable bonds is 7. The Balaban J connectivity index is 2.01. The molecule has 0 bridgehead atoms. The molecule has 0 spiro atoms. The van der Waals surface area contributed by atoms with E-state index in [4.69, 9.17) is 0 Å². The first-order chi connectivity index (χ1) is 13.7. The Morgan fingerprint density at radius 3 is 2.27 bits per heavy atom. The van der Waals surface area contributed by atoms with Gasteiger partial charge in [0.05, 0.1) is 10.5 Å². The van der Waals surface area contributed by atoms with Gasteiger partial charge in [0.1, 0.15) is 0 Å². The Kier molecular flexibility index (Phi) is 7.58. The molecule has 1 fully saturated rings. The quantitative estimate of drug-likeness (QED) is 0.695. The summed E-state index contributed by atoms with van der Waals surface area (Å²) < 4.78 is 66.4. The molecule has 0 saturated carbocycles. The number of alkyl halides is 3. The smallest absolute Gasteiger partial charge is 0.355 e. The van der Waals surface area contributed by atoms with E-state index in [9.17, 15) is 26.4 Å². The van der Waals surface area contributed by atoms with Crippen LogP contribution in [0.15, 0.2) is 29.2 Å². The first kappa shape index (κ1) is 24.6. The summed E-state index contributed by atoms with van der Waals surface area (Å²) in [7, 11) is -0.388. The molecule has 10 heteroatoms. The van der Waals surface area contributed by atoms with E-state index in [2.05, 4.69) is 5.32 Å². The zero-order valence-corrected chi connectivity index (χ0v) is 18.6. The lowest BCUT2D eigenvalue weighted by Crippen LogP contribution is -2.46. The number of sulfonamides is 1. The Morgan fingerprint density at radius 2 is 1.73 bits per heavy atom. The molecule has 30 heavy (non-hydrogen) atoms. The normalized spacial score (nSPS) is 17.3. The van der Waals surface area contributed by atoms with Crippen LogP contribution in [-0.4, -0.2) is 63.8 Å².